The summed E-state index contributed by atoms with van der Waals surface area (Å²) >= 11 is 1.74. The van der Waals surface area contributed by atoms with E-state index in [2.05, 4.69) is 41.7 Å². The van der Waals surface area contributed by atoms with E-state index < -0.39 is 0 Å². The van der Waals surface area contributed by atoms with Gasteiger partial charge in [0.2, 0.25) is 0 Å². The molecule has 0 bridgehead atoms. The number of rotatable bonds is 4. The van der Waals surface area contributed by atoms with E-state index in [1.165, 1.54) is 5.56 Å². The molecule has 1 aromatic carbocycles. The Hall–Kier alpha value is -1.68. The van der Waals surface area contributed by atoms with E-state index in [1.807, 2.05) is 18.2 Å². The minimum Gasteiger partial charge on any atom is -0.466 e. The van der Waals surface area contributed by atoms with E-state index >= 15 is 0 Å². The summed E-state index contributed by atoms with van der Waals surface area (Å²) in [5, 5.41) is 5.56. The molecule has 1 aliphatic rings. The standard InChI is InChI=1S/C15H16N2OS/c1-15(13-8-5-11-18-13)17-16-14(19-15)10-9-12-6-3-2-4-7-12/h2-8,11,17H,9-10H2,1H3. The fourth-order valence-electron chi connectivity index (χ4n) is 2.11. The van der Waals surface area contributed by atoms with Crippen LogP contribution in [0.4, 0.5) is 0 Å². The summed E-state index contributed by atoms with van der Waals surface area (Å²) in [5.74, 6) is 0.913. The first-order chi connectivity index (χ1) is 9.26. The van der Waals surface area contributed by atoms with Crippen molar-refractivity contribution in [3.63, 3.8) is 0 Å². The Balaban J connectivity index is 1.60. The van der Waals surface area contributed by atoms with Crippen LogP contribution in [0.3, 0.4) is 0 Å². The molecule has 1 N–H and O–H groups in total. The Morgan fingerprint density at radius 2 is 2.00 bits per heavy atom. The highest BCUT2D eigenvalue weighted by molar-refractivity contribution is 8.14. The Kier molecular flexibility index (Phi) is 3.34. The quantitative estimate of drug-likeness (QED) is 0.921. The molecule has 0 spiro atoms. The van der Waals surface area contributed by atoms with Gasteiger partial charge >= 0.3 is 0 Å². The van der Waals surface area contributed by atoms with Crippen molar-refractivity contribution in [2.45, 2.75) is 24.6 Å². The molecule has 1 unspecified atom stereocenters. The molecule has 2 heterocycles. The van der Waals surface area contributed by atoms with Gasteiger partial charge in [-0.1, -0.05) is 42.1 Å². The lowest BCUT2D eigenvalue weighted by molar-refractivity contribution is 0.414. The first kappa shape index (κ1) is 12.4. The number of thioether (sulfide) groups is 1. The number of furan rings is 1. The zero-order valence-electron chi connectivity index (χ0n) is 10.8. The number of benzene rings is 1. The van der Waals surface area contributed by atoms with Crippen LogP contribution >= 0.6 is 11.8 Å². The first-order valence-electron chi connectivity index (χ1n) is 6.37. The predicted octanol–water partition coefficient (Wildman–Crippen LogP) is 3.74. The van der Waals surface area contributed by atoms with Gasteiger partial charge in [-0.3, -0.25) is 5.43 Å². The van der Waals surface area contributed by atoms with E-state index in [0.29, 0.717) is 0 Å². The fourth-order valence-corrected chi connectivity index (χ4v) is 3.18. The Morgan fingerprint density at radius 1 is 1.16 bits per heavy atom. The number of nitrogens with zero attached hydrogens (tertiary/aromatic N) is 1. The summed E-state index contributed by atoms with van der Waals surface area (Å²) in [7, 11) is 0. The molecule has 3 nitrogen and oxygen atoms in total. The predicted molar refractivity (Wildman–Crippen MR) is 79.0 cm³/mol. The molecule has 0 fully saturated rings. The molecule has 1 atom stereocenters. The van der Waals surface area contributed by atoms with Gasteiger partial charge in [0.1, 0.15) is 5.76 Å². The SMILES string of the molecule is CC1(c2ccco2)NN=C(CCc2ccccc2)S1. The van der Waals surface area contributed by atoms with Crippen LogP contribution in [0.2, 0.25) is 0 Å². The molecular formula is C15H16N2OS. The second-order valence-corrected chi connectivity index (χ2v) is 6.21. The van der Waals surface area contributed by atoms with Crippen molar-refractivity contribution >= 4 is 16.8 Å². The fraction of sp³-hybridized carbons (Fsp3) is 0.267. The first-order valence-corrected chi connectivity index (χ1v) is 7.18. The zero-order valence-corrected chi connectivity index (χ0v) is 11.6. The lowest BCUT2D eigenvalue weighted by atomic mass is 10.1. The van der Waals surface area contributed by atoms with Gasteiger partial charge in [-0.25, -0.2) is 0 Å². The maximum absolute atomic E-state index is 5.47. The van der Waals surface area contributed by atoms with E-state index in [1.54, 1.807) is 18.0 Å². The summed E-state index contributed by atoms with van der Waals surface area (Å²) in [6.07, 6.45) is 3.67. The third kappa shape index (κ3) is 2.68. The lowest BCUT2D eigenvalue weighted by Crippen LogP contribution is -2.27. The van der Waals surface area contributed by atoms with Gasteiger partial charge in [-0.15, -0.1) is 0 Å². The van der Waals surface area contributed by atoms with Gasteiger partial charge in [-0.05, 0) is 31.0 Å². The van der Waals surface area contributed by atoms with Crippen molar-refractivity contribution < 1.29 is 4.42 Å². The minimum absolute atomic E-state index is 0.268. The third-order valence-corrected chi connectivity index (χ3v) is 4.41. The maximum Gasteiger partial charge on any atom is 0.160 e. The van der Waals surface area contributed by atoms with Crippen molar-refractivity contribution in [2.24, 2.45) is 5.10 Å². The highest BCUT2D eigenvalue weighted by Gasteiger charge is 2.36. The summed E-state index contributed by atoms with van der Waals surface area (Å²) in [4.78, 5) is -0.268. The van der Waals surface area contributed by atoms with Crippen LogP contribution in [0.15, 0.2) is 58.2 Å². The topological polar surface area (TPSA) is 37.5 Å². The summed E-state index contributed by atoms with van der Waals surface area (Å²) in [6.45, 7) is 2.09. The number of hydrazone groups is 1. The van der Waals surface area contributed by atoms with Crippen LogP contribution in [-0.4, -0.2) is 5.04 Å². The van der Waals surface area contributed by atoms with Crippen molar-refractivity contribution in [2.75, 3.05) is 0 Å². The lowest BCUT2D eigenvalue weighted by Gasteiger charge is -2.19. The molecule has 0 aliphatic carbocycles. The molecule has 19 heavy (non-hydrogen) atoms. The normalized spacial score (nSPS) is 22.1. The molecule has 1 aromatic heterocycles. The number of hydrogen-bond acceptors (Lipinski definition) is 4. The maximum atomic E-state index is 5.47. The Bertz CT molecular complexity index is 565. The van der Waals surface area contributed by atoms with Crippen LogP contribution in [0.5, 0.6) is 0 Å². The van der Waals surface area contributed by atoms with Gasteiger partial charge in [-0.2, -0.15) is 5.10 Å². The molecule has 0 saturated carbocycles. The number of hydrogen-bond donors (Lipinski definition) is 1. The van der Waals surface area contributed by atoms with Gasteiger partial charge in [0.25, 0.3) is 0 Å². The molecule has 0 radical (unpaired) electrons. The molecular weight excluding hydrogens is 256 g/mol. The highest BCUT2D eigenvalue weighted by Crippen LogP contribution is 2.39. The van der Waals surface area contributed by atoms with Gasteiger partial charge in [0.05, 0.1) is 11.3 Å². The van der Waals surface area contributed by atoms with Gasteiger partial charge in [0.15, 0.2) is 4.87 Å². The zero-order chi connectivity index (χ0) is 13.1. The van der Waals surface area contributed by atoms with Crippen LogP contribution in [0.1, 0.15) is 24.7 Å². The second-order valence-electron chi connectivity index (χ2n) is 4.72. The van der Waals surface area contributed by atoms with Crippen LogP contribution in [0.25, 0.3) is 0 Å². The van der Waals surface area contributed by atoms with E-state index in [0.717, 1.165) is 23.6 Å². The van der Waals surface area contributed by atoms with Crippen LogP contribution in [0, 0.1) is 0 Å². The van der Waals surface area contributed by atoms with E-state index in [9.17, 15) is 0 Å². The third-order valence-electron chi connectivity index (χ3n) is 3.18. The Labute approximate surface area is 117 Å². The van der Waals surface area contributed by atoms with Crippen molar-refractivity contribution in [1.82, 2.24) is 5.43 Å². The monoisotopic (exact) mass is 272 g/mol. The van der Waals surface area contributed by atoms with E-state index in [-0.39, 0.29) is 4.87 Å². The smallest absolute Gasteiger partial charge is 0.160 e. The van der Waals surface area contributed by atoms with Gasteiger partial charge < -0.3 is 4.42 Å². The largest absolute Gasteiger partial charge is 0.466 e. The van der Waals surface area contributed by atoms with Crippen molar-refractivity contribution in [1.29, 1.82) is 0 Å². The minimum atomic E-state index is -0.268. The second kappa shape index (κ2) is 5.13. The van der Waals surface area contributed by atoms with Crippen LogP contribution < -0.4 is 5.43 Å². The van der Waals surface area contributed by atoms with Gasteiger partial charge in [0, 0.05) is 6.42 Å². The average Bonchev–Trinajstić information content (AvgIpc) is 3.08. The summed E-state index contributed by atoms with van der Waals surface area (Å²) in [6, 6.07) is 14.4. The molecule has 0 amide bonds. The Morgan fingerprint density at radius 3 is 2.74 bits per heavy atom. The molecule has 98 valence electrons. The average molecular weight is 272 g/mol. The summed E-state index contributed by atoms with van der Waals surface area (Å²) < 4.78 is 5.47. The molecule has 0 saturated heterocycles. The highest BCUT2D eigenvalue weighted by atomic mass is 32.2. The van der Waals surface area contributed by atoms with E-state index in [4.69, 9.17) is 4.42 Å². The molecule has 2 aromatic rings. The number of nitrogens with one attached hydrogen (secondary N) is 1. The molecule has 3 rings (SSSR count). The van der Waals surface area contributed by atoms with Crippen LogP contribution in [-0.2, 0) is 11.3 Å². The number of aryl methyl sites for hydroxylation is 1. The molecule has 1 aliphatic heterocycles. The molecule has 4 heteroatoms. The van der Waals surface area contributed by atoms with Crippen molar-refractivity contribution in [3.8, 4) is 0 Å². The van der Waals surface area contributed by atoms with Crippen molar-refractivity contribution in [3.05, 3.63) is 60.1 Å². The summed E-state index contributed by atoms with van der Waals surface area (Å²) in [5.41, 5.74) is 4.52.